The van der Waals surface area contributed by atoms with Gasteiger partial charge in [0, 0.05) is 18.2 Å². The third kappa shape index (κ3) is 2.81. The molecule has 1 aromatic heterocycles. The smallest absolute Gasteiger partial charge is 0.382 e. The van der Waals surface area contributed by atoms with Crippen LogP contribution in [0.25, 0.3) is 0 Å². The number of aryl methyl sites for hydroxylation is 1. The lowest BCUT2D eigenvalue weighted by atomic mass is 10.2. The highest BCUT2D eigenvalue weighted by Crippen LogP contribution is 2.21. The van der Waals surface area contributed by atoms with E-state index in [1.807, 2.05) is 0 Å². The van der Waals surface area contributed by atoms with E-state index < -0.39 is 12.6 Å². The number of halogens is 3. The molecular formula is C6H8F3N3. The predicted octanol–water partition coefficient (Wildman–Crippen LogP) is 1.49. The van der Waals surface area contributed by atoms with Gasteiger partial charge in [-0.3, -0.25) is 5.10 Å². The van der Waals surface area contributed by atoms with Gasteiger partial charge in [0.25, 0.3) is 0 Å². The van der Waals surface area contributed by atoms with E-state index in [2.05, 4.69) is 10.2 Å². The Morgan fingerprint density at radius 3 is 2.58 bits per heavy atom. The van der Waals surface area contributed by atoms with Gasteiger partial charge in [-0.25, -0.2) is 0 Å². The Morgan fingerprint density at radius 1 is 1.50 bits per heavy atom. The predicted molar refractivity (Wildman–Crippen MR) is 37.4 cm³/mol. The van der Waals surface area contributed by atoms with Crippen LogP contribution >= 0.6 is 0 Å². The molecular weight excluding hydrogens is 171 g/mol. The first-order valence-corrected chi connectivity index (χ1v) is 3.34. The highest BCUT2D eigenvalue weighted by atomic mass is 19.4. The number of H-pyrrole nitrogens is 1. The number of aromatic nitrogens is 2. The van der Waals surface area contributed by atoms with Crippen molar-refractivity contribution in [2.45, 2.75) is 19.0 Å². The van der Waals surface area contributed by atoms with Gasteiger partial charge in [0.05, 0.1) is 0 Å². The van der Waals surface area contributed by atoms with Crippen molar-refractivity contribution < 1.29 is 13.2 Å². The van der Waals surface area contributed by atoms with E-state index in [9.17, 15) is 13.2 Å². The second-order valence-electron chi connectivity index (χ2n) is 2.43. The van der Waals surface area contributed by atoms with E-state index >= 15 is 0 Å². The molecule has 0 spiro atoms. The molecule has 0 bridgehead atoms. The highest BCUT2D eigenvalue weighted by molar-refractivity contribution is 5.28. The summed E-state index contributed by atoms with van der Waals surface area (Å²) in [6, 6.07) is 1.39. The third-order valence-corrected chi connectivity index (χ3v) is 1.33. The number of nitrogens with one attached hydrogen (secondary N) is 1. The van der Waals surface area contributed by atoms with Gasteiger partial charge in [-0.1, -0.05) is 0 Å². The number of anilines is 1. The van der Waals surface area contributed by atoms with Crippen LogP contribution in [0.15, 0.2) is 6.07 Å². The van der Waals surface area contributed by atoms with Gasteiger partial charge < -0.3 is 5.73 Å². The summed E-state index contributed by atoms with van der Waals surface area (Å²) in [7, 11) is 0. The number of nitrogens with zero attached hydrogens (tertiary/aromatic N) is 1. The molecule has 0 aliphatic rings. The molecule has 1 heterocycles. The fourth-order valence-electron chi connectivity index (χ4n) is 0.784. The zero-order valence-electron chi connectivity index (χ0n) is 6.15. The van der Waals surface area contributed by atoms with Crippen molar-refractivity contribution in [2.24, 2.45) is 0 Å². The number of hydrogen-bond donors (Lipinski definition) is 2. The van der Waals surface area contributed by atoms with E-state index in [4.69, 9.17) is 5.73 Å². The van der Waals surface area contributed by atoms with Crippen LogP contribution in [0.3, 0.4) is 0 Å². The number of aromatic amines is 1. The van der Waals surface area contributed by atoms with E-state index in [1.165, 1.54) is 6.07 Å². The zero-order valence-corrected chi connectivity index (χ0v) is 6.15. The maximum Gasteiger partial charge on any atom is 0.389 e. The number of hydrogen-bond acceptors (Lipinski definition) is 2. The molecule has 6 heteroatoms. The van der Waals surface area contributed by atoms with Gasteiger partial charge in [0.1, 0.15) is 5.82 Å². The van der Waals surface area contributed by atoms with Crippen molar-refractivity contribution in [3.63, 3.8) is 0 Å². The Bertz CT molecular complexity index is 253. The van der Waals surface area contributed by atoms with Crippen LogP contribution in [-0.2, 0) is 6.42 Å². The van der Waals surface area contributed by atoms with Gasteiger partial charge in [-0.2, -0.15) is 18.3 Å². The van der Waals surface area contributed by atoms with E-state index in [0.29, 0.717) is 5.69 Å². The Labute approximate surface area is 66.8 Å². The summed E-state index contributed by atoms with van der Waals surface area (Å²) in [5.41, 5.74) is 5.60. The van der Waals surface area contributed by atoms with Crippen molar-refractivity contribution in [3.8, 4) is 0 Å². The van der Waals surface area contributed by atoms with Gasteiger partial charge in [0.15, 0.2) is 0 Å². The SMILES string of the molecule is Nc1cc(CCC(F)(F)F)[nH]n1. The Kier molecular flexibility index (Phi) is 2.25. The second-order valence-corrected chi connectivity index (χ2v) is 2.43. The Morgan fingerprint density at radius 2 is 2.17 bits per heavy atom. The first-order valence-electron chi connectivity index (χ1n) is 3.34. The molecule has 1 rings (SSSR count). The lowest BCUT2D eigenvalue weighted by Gasteiger charge is -2.02. The second kappa shape index (κ2) is 3.04. The molecule has 3 N–H and O–H groups in total. The van der Waals surface area contributed by atoms with Crippen LogP contribution < -0.4 is 5.73 Å². The van der Waals surface area contributed by atoms with E-state index in [0.717, 1.165) is 0 Å². The number of rotatable bonds is 2. The first-order chi connectivity index (χ1) is 5.47. The molecule has 0 aliphatic heterocycles. The normalized spacial score (nSPS) is 11.9. The van der Waals surface area contributed by atoms with Crippen molar-refractivity contribution in [3.05, 3.63) is 11.8 Å². The minimum Gasteiger partial charge on any atom is -0.382 e. The van der Waals surface area contributed by atoms with Crippen LogP contribution in [-0.4, -0.2) is 16.4 Å². The summed E-state index contributed by atoms with van der Waals surface area (Å²) in [5.74, 6) is 0.215. The minimum atomic E-state index is -4.13. The van der Waals surface area contributed by atoms with Crippen molar-refractivity contribution in [2.75, 3.05) is 5.73 Å². The third-order valence-electron chi connectivity index (χ3n) is 1.33. The van der Waals surface area contributed by atoms with Crippen LogP contribution in [0, 0.1) is 0 Å². The summed E-state index contributed by atoms with van der Waals surface area (Å²) >= 11 is 0. The molecule has 0 aliphatic carbocycles. The fraction of sp³-hybridized carbons (Fsp3) is 0.500. The summed E-state index contributed by atoms with van der Waals surface area (Å²) in [6.45, 7) is 0. The summed E-state index contributed by atoms with van der Waals surface area (Å²) in [6.07, 6.45) is -5.08. The van der Waals surface area contributed by atoms with Gasteiger partial charge in [-0.15, -0.1) is 0 Å². The quantitative estimate of drug-likeness (QED) is 0.722. The monoisotopic (exact) mass is 179 g/mol. The maximum absolute atomic E-state index is 11.7. The molecule has 0 aromatic carbocycles. The average molecular weight is 179 g/mol. The van der Waals surface area contributed by atoms with Crippen molar-refractivity contribution in [1.82, 2.24) is 10.2 Å². The minimum absolute atomic E-state index is 0.103. The van der Waals surface area contributed by atoms with Crippen molar-refractivity contribution >= 4 is 5.82 Å². The standard InChI is InChI=1S/C6H8F3N3/c7-6(8,9)2-1-4-3-5(10)12-11-4/h3H,1-2H2,(H3,10,11,12). The maximum atomic E-state index is 11.7. The molecule has 3 nitrogen and oxygen atoms in total. The Hall–Kier alpha value is -1.20. The summed E-state index contributed by atoms with van der Waals surface area (Å²) in [4.78, 5) is 0. The Balaban J connectivity index is 2.44. The molecule has 68 valence electrons. The molecule has 12 heavy (non-hydrogen) atoms. The van der Waals surface area contributed by atoms with Gasteiger partial charge in [0.2, 0.25) is 0 Å². The molecule has 0 amide bonds. The lowest BCUT2D eigenvalue weighted by Crippen LogP contribution is -2.08. The van der Waals surface area contributed by atoms with Crippen LogP contribution in [0.1, 0.15) is 12.1 Å². The number of alkyl halides is 3. The largest absolute Gasteiger partial charge is 0.389 e. The molecule has 1 aromatic rings. The molecule has 0 saturated carbocycles. The van der Waals surface area contributed by atoms with Crippen LogP contribution in [0.5, 0.6) is 0 Å². The fourth-order valence-corrected chi connectivity index (χ4v) is 0.784. The van der Waals surface area contributed by atoms with Crippen molar-refractivity contribution in [1.29, 1.82) is 0 Å². The number of nitrogens with two attached hydrogens (primary N) is 1. The van der Waals surface area contributed by atoms with Gasteiger partial charge >= 0.3 is 6.18 Å². The highest BCUT2D eigenvalue weighted by Gasteiger charge is 2.26. The average Bonchev–Trinajstić information content (AvgIpc) is 2.30. The van der Waals surface area contributed by atoms with E-state index in [1.54, 1.807) is 0 Å². The van der Waals surface area contributed by atoms with Crippen LogP contribution in [0.4, 0.5) is 19.0 Å². The molecule has 0 saturated heterocycles. The topological polar surface area (TPSA) is 54.7 Å². The molecule has 0 unspecified atom stereocenters. The molecule has 0 fully saturated rings. The summed E-state index contributed by atoms with van der Waals surface area (Å²) in [5, 5.41) is 5.91. The van der Waals surface area contributed by atoms with Crippen LogP contribution in [0.2, 0.25) is 0 Å². The zero-order chi connectivity index (χ0) is 9.19. The molecule has 0 radical (unpaired) electrons. The lowest BCUT2D eigenvalue weighted by molar-refractivity contribution is -0.134. The van der Waals surface area contributed by atoms with E-state index in [-0.39, 0.29) is 12.2 Å². The summed E-state index contributed by atoms with van der Waals surface area (Å²) < 4.78 is 35.0. The first kappa shape index (κ1) is 8.89. The molecule has 0 atom stereocenters. The van der Waals surface area contributed by atoms with Gasteiger partial charge in [-0.05, 0) is 6.42 Å². The number of nitrogen functional groups attached to an aromatic ring is 1.